The Morgan fingerprint density at radius 1 is 1.15 bits per heavy atom. The second kappa shape index (κ2) is 8.00. The van der Waals surface area contributed by atoms with E-state index < -0.39 is 0 Å². The highest BCUT2D eigenvalue weighted by Gasteiger charge is 2.30. The fraction of sp³-hybridized carbons (Fsp3) is 0.381. The van der Waals surface area contributed by atoms with Crippen LogP contribution in [0.2, 0.25) is 5.02 Å². The highest BCUT2D eigenvalue weighted by Crippen LogP contribution is 2.32. The fourth-order valence-corrected chi connectivity index (χ4v) is 3.39. The van der Waals surface area contributed by atoms with Gasteiger partial charge in [0.1, 0.15) is 6.61 Å². The number of carbonyl (C=O) groups is 1. The molecule has 3 rings (SSSR count). The van der Waals surface area contributed by atoms with Crippen LogP contribution < -0.4 is 9.47 Å². The summed E-state index contributed by atoms with van der Waals surface area (Å²) >= 11 is 5.98. The van der Waals surface area contributed by atoms with Crippen LogP contribution >= 0.6 is 11.6 Å². The van der Waals surface area contributed by atoms with Crippen molar-refractivity contribution < 1.29 is 14.3 Å². The molecule has 0 aliphatic carbocycles. The number of amides is 1. The van der Waals surface area contributed by atoms with Crippen LogP contribution in [0, 0.1) is 5.92 Å². The second-order valence-electron chi connectivity index (χ2n) is 6.99. The van der Waals surface area contributed by atoms with Crippen molar-refractivity contribution in [3.63, 3.8) is 0 Å². The monoisotopic (exact) mass is 373 g/mol. The number of halogens is 1. The van der Waals surface area contributed by atoms with Crippen LogP contribution in [0.15, 0.2) is 48.5 Å². The van der Waals surface area contributed by atoms with Gasteiger partial charge >= 0.3 is 0 Å². The van der Waals surface area contributed by atoms with Crippen LogP contribution in [-0.2, 0) is 4.79 Å². The number of fused-ring (bicyclic) bond motifs is 1. The largest absolute Gasteiger partial charge is 0.486 e. The molecule has 26 heavy (non-hydrogen) atoms. The highest BCUT2D eigenvalue weighted by molar-refractivity contribution is 6.30. The number of likely N-dealkylation sites (N-methyl/N-ethyl adjacent to an activating group) is 1. The normalized spacial score (nSPS) is 17.0. The molecular formula is C21H24ClNO3. The lowest BCUT2D eigenvalue weighted by Crippen LogP contribution is -2.44. The molecule has 0 aromatic heterocycles. The molecule has 1 aliphatic rings. The van der Waals surface area contributed by atoms with Crippen LogP contribution in [0.4, 0.5) is 0 Å². The molecule has 138 valence electrons. The third kappa shape index (κ3) is 4.13. The lowest BCUT2D eigenvalue weighted by Gasteiger charge is -2.32. The quantitative estimate of drug-likeness (QED) is 0.780. The Morgan fingerprint density at radius 2 is 1.81 bits per heavy atom. The van der Waals surface area contributed by atoms with Crippen molar-refractivity contribution in [2.75, 3.05) is 20.2 Å². The summed E-state index contributed by atoms with van der Waals surface area (Å²) in [6.07, 6.45) is -0.183. The van der Waals surface area contributed by atoms with Crippen molar-refractivity contribution in [1.29, 1.82) is 0 Å². The molecule has 2 atom stereocenters. The summed E-state index contributed by atoms with van der Waals surface area (Å²) in [5.41, 5.74) is 0.979. The number of para-hydroxylation sites is 2. The molecule has 0 radical (unpaired) electrons. The van der Waals surface area contributed by atoms with E-state index in [-0.39, 0.29) is 23.8 Å². The molecule has 0 saturated carbocycles. The molecule has 2 aromatic carbocycles. The molecule has 0 saturated heterocycles. The van der Waals surface area contributed by atoms with Gasteiger partial charge in [0.15, 0.2) is 17.6 Å². The van der Waals surface area contributed by atoms with Crippen molar-refractivity contribution in [3.05, 3.63) is 59.1 Å². The maximum absolute atomic E-state index is 13.1. The minimum atomic E-state index is -0.214. The van der Waals surface area contributed by atoms with Crippen molar-refractivity contribution in [2.45, 2.75) is 25.9 Å². The predicted molar refractivity (Wildman–Crippen MR) is 103 cm³/mol. The third-order valence-corrected chi connectivity index (χ3v) is 4.84. The van der Waals surface area contributed by atoms with Gasteiger partial charge in [0.2, 0.25) is 5.91 Å². The zero-order chi connectivity index (χ0) is 18.7. The average molecular weight is 374 g/mol. The van der Waals surface area contributed by atoms with Crippen LogP contribution in [0.25, 0.3) is 0 Å². The molecule has 0 fully saturated rings. The third-order valence-electron chi connectivity index (χ3n) is 4.58. The minimum Gasteiger partial charge on any atom is -0.486 e. The fourth-order valence-electron chi connectivity index (χ4n) is 3.27. The van der Waals surface area contributed by atoms with Gasteiger partial charge in [-0.15, -0.1) is 0 Å². The summed E-state index contributed by atoms with van der Waals surface area (Å²) in [5.74, 6) is 1.51. The summed E-state index contributed by atoms with van der Waals surface area (Å²) in [4.78, 5) is 14.8. The lowest BCUT2D eigenvalue weighted by atomic mass is 9.87. The first-order valence-corrected chi connectivity index (χ1v) is 9.22. The van der Waals surface area contributed by atoms with Crippen molar-refractivity contribution in [3.8, 4) is 11.5 Å². The Labute approximate surface area is 159 Å². The molecule has 0 spiro atoms. The van der Waals surface area contributed by atoms with Crippen molar-refractivity contribution in [2.24, 2.45) is 5.92 Å². The van der Waals surface area contributed by atoms with E-state index in [0.717, 1.165) is 17.1 Å². The first kappa shape index (κ1) is 18.6. The Bertz CT molecular complexity index is 760. The number of hydrogen-bond donors (Lipinski definition) is 0. The second-order valence-corrected chi connectivity index (χ2v) is 7.43. The van der Waals surface area contributed by atoms with E-state index in [9.17, 15) is 4.79 Å². The maximum Gasteiger partial charge on any atom is 0.230 e. The standard InChI is InChI=1S/C21H24ClNO3/c1-14(2)20(15-8-10-16(22)11-9-15)21(24)23(3)12-17-13-25-18-6-4-5-7-19(18)26-17/h4-11,14,17,20H,12-13H2,1-3H3/t17-,20-/m1/s1. The van der Waals surface area contributed by atoms with E-state index in [4.69, 9.17) is 21.1 Å². The van der Waals surface area contributed by atoms with Crippen LogP contribution in [0.5, 0.6) is 11.5 Å². The van der Waals surface area contributed by atoms with Crippen LogP contribution in [0.1, 0.15) is 25.3 Å². The molecule has 2 aromatic rings. The number of nitrogens with zero attached hydrogens (tertiary/aromatic N) is 1. The summed E-state index contributed by atoms with van der Waals surface area (Å²) in [5, 5.41) is 0.670. The smallest absolute Gasteiger partial charge is 0.230 e. The van der Waals surface area contributed by atoms with Crippen LogP contribution in [0.3, 0.4) is 0 Å². The number of rotatable bonds is 5. The number of carbonyl (C=O) groups excluding carboxylic acids is 1. The maximum atomic E-state index is 13.1. The molecule has 1 aliphatic heterocycles. The first-order valence-electron chi connectivity index (χ1n) is 8.84. The van der Waals surface area contributed by atoms with E-state index in [1.54, 1.807) is 4.90 Å². The molecule has 4 nitrogen and oxygen atoms in total. The number of benzene rings is 2. The Kier molecular flexibility index (Phi) is 5.72. The van der Waals surface area contributed by atoms with Gasteiger partial charge in [-0.2, -0.15) is 0 Å². The van der Waals surface area contributed by atoms with E-state index >= 15 is 0 Å². The van der Waals surface area contributed by atoms with Gasteiger partial charge in [-0.05, 0) is 35.7 Å². The highest BCUT2D eigenvalue weighted by atomic mass is 35.5. The SMILES string of the molecule is CC(C)[C@@H](C(=O)N(C)C[C@@H]1COc2ccccc2O1)c1ccc(Cl)cc1. The number of ether oxygens (including phenoxy) is 2. The van der Waals surface area contributed by atoms with E-state index in [2.05, 4.69) is 13.8 Å². The first-order chi connectivity index (χ1) is 12.5. The van der Waals surface area contributed by atoms with Crippen molar-refractivity contribution in [1.82, 2.24) is 4.90 Å². The van der Waals surface area contributed by atoms with Gasteiger partial charge < -0.3 is 14.4 Å². The molecule has 0 N–H and O–H groups in total. The van der Waals surface area contributed by atoms with E-state index in [1.165, 1.54) is 0 Å². The molecule has 5 heteroatoms. The van der Waals surface area contributed by atoms with E-state index in [0.29, 0.717) is 18.2 Å². The van der Waals surface area contributed by atoms with E-state index in [1.807, 2.05) is 55.6 Å². The summed E-state index contributed by atoms with van der Waals surface area (Å²) in [7, 11) is 1.82. The van der Waals surface area contributed by atoms with Gasteiger partial charge in [-0.1, -0.05) is 49.7 Å². The zero-order valence-corrected chi connectivity index (χ0v) is 16.1. The van der Waals surface area contributed by atoms with Gasteiger partial charge in [0.25, 0.3) is 0 Å². The topological polar surface area (TPSA) is 38.8 Å². The zero-order valence-electron chi connectivity index (χ0n) is 15.3. The van der Waals surface area contributed by atoms with Gasteiger partial charge in [0.05, 0.1) is 12.5 Å². The predicted octanol–water partition coefficient (Wildman–Crippen LogP) is 4.38. The Hall–Kier alpha value is -2.20. The summed E-state index contributed by atoms with van der Waals surface area (Å²) < 4.78 is 11.7. The summed E-state index contributed by atoms with van der Waals surface area (Å²) in [6, 6.07) is 15.1. The Morgan fingerprint density at radius 3 is 2.46 bits per heavy atom. The lowest BCUT2D eigenvalue weighted by molar-refractivity contribution is -0.134. The van der Waals surface area contributed by atoms with Gasteiger partial charge in [0, 0.05) is 12.1 Å². The van der Waals surface area contributed by atoms with Gasteiger partial charge in [-0.3, -0.25) is 4.79 Å². The molecule has 1 amide bonds. The van der Waals surface area contributed by atoms with Crippen LogP contribution in [-0.4, -0.2) is 37.1 Å². The molecule has 1 heterocycles. The molecule has 0 unspecified atom stereocenters. The minimum absolute atomic E-state index is 0.0739. The Balaban J connectivity index is 1.69. The molecular weight excluding hydrogens is 350 g/mol. The van der Waals surface area contributed by atoms with Gasteiger partial charge in [-0.25, -0.2) is 0 Å². The summed E-state index contributed by atoms with van der Waals surface area (Å²) in [6.45, 7) is 5.02. The van der Waals surface area contributed by atoms with Crippen molar-refractivity contribution >= 4 is 17.5 Å². The molecule has 0 bridgehead atoms. The average Bonchev–Trinajstić information content (AvgIpc) is 2.63. The number of hydrogen-bond acceptors (Lipinski definition) is 3.